The number of aryl methyl sites for hydroxylation is 1. The fourth-order valence-corrected chi connectivity index (χ4v) is 4.54. The highest BCUT2D eigenvalue weighted by atomic mass is 35.5. The smallest absolute Gasteiger partial charge is 0.243 e. The van der Waals surface area contributed by atoms with Gasteiger partial charge >= 0.3 is 0 Å². The summed E-state index contributed by atoms with van der Waals surface area (Å²) in [6.07, 6.45) is 0.439. The minimum Gasteiger partial charge on any atom is -0.355 e. The molecule has 0 aliphatic rings. The van der Waals surface area contributed by atoms with Crippen molar-refractivity contribution in [3.8, 4) is 0 Å². The second kappa shape index (κ2) is 12.5. The molecule has 0 spiro atoms. The zero-order valence-corrected chi connectivity index (χ0v) is 20.5. The molecule has 0 bridgehead atoms. The molecule has 0 saturated carbocycles. The molecule has 2 amide bonds. The first-order valence-corrected chi connectivity index (χ1v) is 12.4. The number of carbonyl (C=O) groups is 2. The fraction of sp³-hybridized carbons (Fsp3) is 0.259. The Morgan fingerprint density at radius 2 is 1.67 bits per heavy atom. The van der Waals surface area contributed by atoms with Crippen molar-refractivity contribution >= 4 is 35.2 Å². The molecule has 0 unspecified atom stereocenters. The zero-order chi connectivity index (χ0) is 23.6. The number of thioether (sulfide) groups is 1. The lowest BCUT2D eigenvalue weighted by atomic mass is 10.0. The SMILES string of the molecule is CCNC(=O)[C@H](Cc1ccccc1)N(Cc1cccc(Cl)c1)C(=O)CSc1ccc(C)cc1. The molecule has 33 heavy (non-hydrogen) atoms. The van der Waals surface area contributed by atoms with Crippen LogP contribution in [0.15, 0.2) is 83.8 Å². The van der Waals surface area contributed by atoms with E-state index in [-0.39, 0.29) is 17.6 Å². The van der Waals surface area contributed by atoms with Gasteiger partial charge in [-0.15, -0.1) is 11.8 Å². The maximum atomic E-state index is 13.5. The third-order valence-electron chi connectivity index (χ3n) is 5.25. The highest BCUT2D eigenvalue weighted by Crippen LogP contribution is 2.22. The lowest BCUT2D eigenvalue weighted by molar-refractivity contribution is -0.139. The molecule has 3 rings (SSSR count). The summed E-state index contributed by atoms with van der Waals surface area (Å²) in [7, 11) is 0. The van der Waals surface area contributed by atoms with E-state index in [0.29, 0.717) is 24.5 Å². The van der Waals surface area contributed by atoms with E-state index in [1.165, 1.54) is 17.3 Å². The normalized spacial score (nSPS) is 11.6. The number of nitrogens with one attached hydrogen (secondary N) is 1. The highest BCUT2D eigenvalue weighted by molar-refractivity contribution is 8.00. The van der Waals surface area contributed by atoms with Crippen LogP contribution in [0.3, 0.4) is 0 Å². The van der Waals surface area contributed by atoms with Gasteiger partial charge in [0.05, 0.1) is 5.75 Å². The first-order chi connectivity index (χ1) is 16.0. The van der Waals surface area contributed by atoms with E-state index >= 15 is 0 Å². The number of carbonyl (C=O) groups excluding carboxylic acids is 2. The number of nitrogens with zero attached hydrogens (tertiary/aromatic N) is 1. The average Bonchev–Trinajstić information content (AvgIpc) is 2.81. The number of halogens is 1. The molecule has 1 atom stereocenters. The van der Waals surface area contributed by atoms with E-state index in [9.17, 15) is 9.59 Å². The molecule has 0 radical (unpaired) electrons. The molecule has 0 saturated heterocycles. The minimum absolute atomic E-state index is 0.0901. The number of likely N-dealkylation sites (N-methyl/N-ethyl adjacent to an activating group) is 1. The van der Waals surface area contributed by atoms with Gasteiger partial charge < -0.3 is 10.2 Å². The van der Waals surface area contributed by atoms with E-state index < -0.39 is 6.04 Å². The van der Waals surface area contributed by atoms with Crippen molar-refractivity contribution in [3.05, 3.63) is 101 Å². The molecular formula is C27H29ClN2O2S. The Balaban J connectivity index is 1.88. The van der Waals surface area contributed by atoms with E-state index in [1.807, 2.05) is 86.6 Å². The lowest BCUT2D eigenvalue weighted by Gasteiger charge is -2.31. The molecule has 0 aliphatic carbocycles. The molecule has 0 heterocycles. The topological polar surface area (TPSA) is 49.4 Å². The molecule has 6 heteroatoms. The Hall–Kier alpha value is -2.76. The van der Waals surface area contributed by atoms with Crippen LogP contribution in [0.25, 0.3) is 0 Å². The summed E-state index contributed by atoms with van der Waals surface area (Å²) >= 11 is 7.68. The summed E-state index contributed by atoms with van der Waals surface area (Å²) in [6.45, 7) is 4.73. The number of hydrogen-bond donors (Lipinski definition) is 1. The van der Waals surface area contributed by atoms with Crippen LogP contribution in [0.2, 0.25) is 5.02 Å². The summed E-state index contributed by atoms with van der Waals surface area (Å²) in [6, 6.07) is 24.7. The van der Waals surface area contributed by atoms with Crippen LogP contribution in [-0.2, 0) is 22.6 Å². The minimum atomic E-state index is -0.627. The number of hydrogen-bond acceptors (Lipinski definition) is 3. The van der Waals surface area contributed by atoms with Crippen LogP contribution in [0, 0.1) is 6.92 Å². The van der Waals surface area contributed by atoms with E-state index in [4.69, 9.17) is 11.6 Å². The van der Waals surface area contributed by atoms with Crippen LogP contribution in [0.4, 0.5) is 0 Å². The van der Waals surface area contributed by atoms with Gasteiger partial charge in [-0.1, -0.05) is 71.8 Å². The van der Waals surface area contributed by atoms with Gasteiger partial charge in [0, 0.05) is 29.4 Å². The maximum Gasteiger partial charge on any atom is 0.243 e. The van der Waals surface area contributed by atoms with Crippen LogP contribution in [0.5, 0.6) is 0 Å². The van der Waals surface area contributed by atoms with Gasteiger partial charge in [-0.05, 0) is 49.2 Å². The number of benzene rings is 3. The van der Waals surface area contributed by atoms with Gasteiger partial charge in [-0.25, -0.2) is 0 Å². The Kier molecular flexibility index (Phi) is 9.40. The molecule has 172 valence electrons. The van der Waals surface area contributed by atoms with Crippen LogP contribution < -0.4 is 5.32 Å². The van der Waals surface area contributed by atoms with Crippen LogP contribution in [0.1, 0.15) is 23.6 Å². The van der Waals surface area contributed by atoms with Gasteiger partial charge in [-0.2, -0.15) is 0 Å². The van der Waals surface area contributed by atoms with Gasteiger partial charge in [0.1, 0.15) is 6.04 Å². The summed E-state index contributed by atoms with van der Waals surface area (Å²) in [4.78, 5) is 29.3. The van der Waals surface area contributed by atoms with E-state index in [1.54, 1.807) is 11.0 Å². The quantitative estimate of drug-likeness (QED) is 0.389. The molecule has 0 aliphatic heterocycles. The first kappa shape index (κ1) is 24.9. The van der Waals surface area contributed by atoms with Crippen molar-refractivity contribution in [2.24, 2.45) is 0 Å². The first-order valence-electron chi connectivity index (χ1n) is 11.0. The summed E-state index contributed by atoms with van der Waals surface area (Å²) in [5.41, 5.74) is 3.06. The van der Waals surface area contributed by atoms with Crippen molar-refractivity contribution in [3.63, 3.8) is 0 Å². The Morgan fingerprint density at radius 3 is 2.33 bits per heavy atom. The van der Waals surface area contributed by atoms with Crippen molar-refractivity contribution in [2.45, 2.75) is 37.8 Å². The Bertz CT molecular complexity index is 1060. The van der Waals surface area contributed by atoms with Crippen molar-refractivity contribution < 1.29 is 9.59 Å². The largest absolute Gasteiger partial charge is 0.355 e. The van der Waals surface area contributed by atoms with Crippen LogP contribution in [-0.4, -0.2) is 35.1 Å². The summed E-state index contributed by atoms with van der Waals surface area (Å²) < 4.78 is 0. The predicted octanol–water partition coefficient (Wildman–Crippen LogP) is 5.52. The maximum absolute atomic E-state index is 13.5. The third-order valence-corrected chi connectivity index (χ3v) is 6.48. The lowest BCUT2D eigenvalue weighted by Crippen LogP contribution is -2.51. The number of rotatable bonds is 10. The van der Waals surface area contributed by atoms with Crippen molar-refractivity contribution in [1.29, 1.82) is 0 Å². The molecular weight excluding hydrogens is 452 g/mol. The number of amides is 2. The highest BCUT2D eigenvalue weighted by Gasteiger charge is 2.30. The Morgan fingerprint density at radius 1 is 0.970 bits per heavy atom. The Labute approximate surface area is 205 Å². The van der Waals surface area contributed by atoms with Crippen molar-refractivity contribution in [1.82, 2.24) is 10.2 Å². The van der Waals surface area contributed by atoms with Gasteiger partial charge in [0.15, 0.2) is 0 Å². The molecule has 0 fully saturated rings. The predicted molar refractivity (Wildman–Crippen MR) is 137 cm³/mol. The molecule has 0 aromatic heterocycles. The fourth-order valence-electron chi connectivity index (χ4n) is 3.54. The van der Waals surface area contributed by atoms with Crippen LogP contribution >= 0.6 is 23.4 Å². The van der Waals surface area contributed by atoms with Gasteiger partial charge in [0.25, 0.3) is 0 Å². The molecule has 1 N–H and O–H groups in total. The van der Waals surface area contributed by atoms with Gasteiger partial charge in [0.2, 0.25) is 11.8 Å². The average molecular weight is 481 g/mol. The molecule has 3 aromatic rings. The molecule has 3 aromatic carbocycles. The van der Waals surface area contributed by atoms with E-state index in [0.717, 1.165) is 16.0 Å². The third kappa shape index (κ3) is 7.65. The standard InChI is InChI=1S/C27H29ClN2O2S/c1-3-29-27(32)25(17-21-8-5-4-6-9-21)30(18-22-10-7-11-23(28)16-22)26(31)19-33-24-14-12-20(2)13-15-24/h4-16,25H,3,17-19H2,1-2H3,(H,29,32)/t25-/m0/s1. The van der Waals surface area contributed by atoms with Gasteiger partial charge in [-0.3, -0.25) is 9.59 Å². The summed E-state index contributed by atoms with van der Waals surface area (Å²) in [5.74, 6) is -0.00119. The zero-order valence-electron chi connectivity index (χ0n) is 19.0. The van der Waals surface area contributed by atoms with Crippen molar-refractivity contribution in [2.75, 3.05) is 12.3 Å². The van der Waals surface area contributed by atoms with E-state index in [2.05, 4.69) is 5.32 Å². The summed E-state index contributed by atoms with van der Waals surface area (Å²) in [5, 5.41) is 3.52. The second-order valence-electron chi connectivity index (χ2n) is 7.85. The second-order valence-corrected chi connectivity index (χ2v) is 9.34. The molecule has 4 nitrogen and oxygen atoms in total. The monoisotopic (exact) mass is 480 g/mol.